The van der Waals surface area contributed by atoms with Gasteiger partial charge in [0.25, 0.3) is 0 Å². The molecule has 0 saturated heterocycles. The van der Waals surface area contributed by atoms with Crippen molar-refractivity contribution in [2.75, 3.05) is 41.3 Å². The van der Waals surface area contributed by atoms with E-state index in [0.29, 0.717) is 12.5 Å². The zero-order valence-corrected chi connectivity index (χ0v) is 20.8. The molecule has 0 aliphatic heterocycles. The molecule has 1 unspecified atom stereocenters. The van der Waals surface area contributed by atoms with Crippen molar-refractivity contribution in [3.8, 4) is 5.75 Å². The maximum atomic E-state index is 12.7. The third-order valence-electron chi connectivity index (χ3n) is 5.79. The van der Waals surface area contributed by atoms with Crippen LogP contribution >= 0.6 is 24.0 Å². The Bertz CT molecular complexity index is 655. The number of hydrogen-bond donors (Lipinski definition) is 2. The van der Waals surface area contributed by atoms with Gasteiger partial charge in [-0.05, 0) is 42.9 Å². The van der Waals surface area contributed by atoms with E-state index in [0.717, 1.165) is 50.4 Å². The fraction of sp³-hybridized carbons (Fsp3) is 0.636. The van der Waals surface area contributed by atoms with Crippen LogP contribution in [0.2, 0.25) is 0 Å². The number of hydrogen-bond acceptors (Lipinski definition) is 3. The number of carbonyl (C=O) groups is 1. The van der Waals surface area contributed by atoms with Crippen LogP contribution < -0.4 is 15.4 Å². The van der Waals surface area contributed by atoms with Crippen molar-refractivity contribution in [3.63, 3.8) is 0 Å². The van der Waals surface area contributed by atoms with Gasteiger partial charge in [0, 0.05) is 34.2 Å². The highest BCUT2D eigenvalue weighted by Gasteiger charge is 2.42. The number of nitrogens with one attached hydrogen (secondary N) is 2. The number of benzene rings is 1. The summed E-state index contributed by atoms with van der Waals surface area (Å²) in [5, 5.41) is 6.78. The second-order valence-corrected chi connectivity index (χ2v) is 8.00. The molecule has 1 amide bonds. The largest absolute Gasteiger partial charge is 0.497 e. The van der Waals surface area contributed by atoms with Crippen LogP contribution in [0.25, 0.3) is 0 Å². The minimum absolute atomic E-state index is 0. The van der Waals surface area contributed by atoms with Gasteiger partial charge in [-0.1, -0.05) is 31.9 Å². The van der Waals surface area contributed by atoms with Gasteiger partial charge in [0.2, 0.25) is 5.91 Å². The Kier molecular flexibility index (Phi) is 10.8. The smallest absolute Gasteiger partial charge is 0.230 e. The van der Waals surface area contributed by atoms with E-state index in [1.165, 1.54) is 5.56 Å². The topological polar surface area (TPSA) is 66.0 Å². The van der Waals surface area contributed by atoms with Gasteiger partial charge in [-0.15, -0.1) is 24.0 Å². The first-order valence-electron chi connectivity index (χ1n) is 10.2. The summed E-state index contributed by atoms with van der Waals surface area (Å²) in [7, 11) is 7.15. The highest BCUT2D eigenvalue weighted by molar-refractivity contribution is 14.0. The maximum absolute atomic E-state index is 12.7. The van der Waals surface area contributed by atoms with Gasteiger partial charge in [0.15, 0.2) is 5.96 Å². The number of rotatable bonds is 8. The van der Waals surface area contributed by atoms with E-state index in [-0.39, 0.29) is 35.3 Å². The highest BCUT2D eigenvalue weighted by Crippen LogP contribution is 2.38. The monoisotopic (exact) mass is 516 g/mol. The normalized spacial score (nSPS) is 16.5. The lowest BCUT2D eigenvalue weighted by atomic mass is 9.84. The molecule has 6 nitrogen and oxygen atoms in total. The van der Waals surface area contributed by atoms with Gasteiger partial charge in [-0.25, -0.2) is 0 Å². The van der Waals surface area contributed by atoms with Crippen LogP contribution in [0, 0.1) is 5.41 Å². The van der Waals surface area contributed by atoms with Crippen LogP contribution in [0.4, 0.5) is 0 Å². The number of aliphatic imine (C=N–C) groups is 1. The third kappa shape index (κ3) is 7.04. The minimum atomic E-state index is -0.294. The Balaban J connectivity index is 0.00000420. The quantitative estimate of drug-likeness (QED) is 0.315. The Labute approximate surface area is 192 Å². The molecule has 7 heteroatoms. The second-order valence-electron chi connectivity index (χ2n) is 8.00. The van der Waals surface area contributed by atoms with E-state index in [1.54, 1.807) is 19.1 Å². The molecule has 1 saturated carbocycles. The molecule has 1 atom stereocenters. The molecule has 2 rings (SSSR count). The number of halogens is 1. The van der Waals surface area contributed by atoms with Crippen LogP contribution in [0.3, 0.4) is 0 Å². The van der Waals surface area contributed by atoms with Crippen molar-refractivity contribution < 1.29 is 9.53 Å². The summed E-state index contributed by atoms with van der Waals surface area (Å²) in [4.78, 5) is 18.7. The lowest BCUT2D eigenvalue weighted by Gasteiger charge is -2.31. The van der Waals surface area contributed by atoms with Gasteiger partial charge < -0.3 is 20.3 Å². The predicted molar refractivity (Wildman–Crippen MR) is 130 cm³/mol. The first-order chi connectivity index (χ1) is 13.4. The number of amides is 1. The summed E-state index contributed by atoms with van der Waals surface area (Å²) < 4.78 is 5.22. The van der Waals surface area contributed by atoms with E-state index < -0.39 is 0 Å². The average molecular weight is 516 g/mol. The van der Waals surface area contributed by atoms with Crippen molar-refractivity contribution in [1.82, 2.24) is 15.5 Å². The van der Waals surface area contributed by atoms with E-state index in [2.05, 4.69) is 34.7 Å². The summed E-state index contributed by atoms with van der Waals surface area (Å²) in [6.45, 7) is 3.68. The number of methoxy groups -OCH3 is 1. The molecule has 0 heterocycles. The molecule has 164 valence electrons. The second kappa shape index (κ2) is 12.2. The van der Waals surface area contributed by atoms with Gasteiger partial charge in [-0.2, -0.15) is 0 Å². The molecule has 0 aromatic heterocycles. The molecule has 1 aliphatic carbocycles. The highest BCUT2D eigenvalue weighted by atomic mass is 127. The maximum Gasteiger partial charge on any atom is 0.230 e. The number of ether oxygens (including phenoxy) is 1. The van der Waals surface area contributed by atoms with E-state index in [1.807, 2.05) is 26.2 Å². The Morgan fingerprint density at radius 1 is 1.21 bits per heavy atom. The van der Waals surface area contributed by atoms with Crippen molar-refractivity contribution in [2.24, 2.45) is 10.4 Å². The van der Waals surface area contributed by atoms with Crippen LogP contribution in [-0.2, 0) is 4.79 Å². The molecule has 1 aromatic carbocycles. The summed E-state index contributed by atoms with van der Waals surface area (Å²) >= 11 is 0. The van der Waals surface area contributed by atoms with Crippen LogP contribution in [-0.4, -0.2) is 58.1 Å². The Morgan fingerprint density at radius 2 is 1.83 bits per heavy atom. The molecular weight excluding hydrogens is 479 g/mol. The molecule has 1 aromatic rings. The molecule has 2 N–H and O–H groups in total. The average Bonchev–Trinajstić information content (AvgIpc) is 3.19. The van der Waals surface area contributed by atoms with Gasteiger partial charge >= 0.3 is 0 Å². The van der Waals surface area contributed by atoms with E-state index in [9.17, 15) is 4.79 Å². The zero-order valence-electron chi connectivity index (χ0n) is 18.5. The van der Waals surface area contributed by atoms with Crippen molar-refractivity contribution in [2.45, 2.75) is 44.9 Å². The van der Waals surface area contributed by atoms with Gasteiger partial charge in [-0.3, -0.25) is 9.79 Å². The molecule has 1 fully saturated rings. The third-order valence-corrected chi connectivity index (χ3v) is 5.79. The summed E-state index contributed by atoms with van der Waals surface area (Å²) in [6, 6.07) is 8.24. The fourth-order valence-electron chi connectivity index (χ4n) is 3.97. The van der Waals surface area contributed by atoms with Gasteiger partial charge in [0.05, 0.1) is 12.5 Å². The predicted octanol–water partition coefficient (Wildman–Crippen LogP) is 3.62. The first kappa shape index (κ1) is 25.5. The molecule has 1 aliphatic rings. The standard InChI is InChI=1S/C22H36N4O2.HI/c1-17(18-8-10-19(28-5)11-9-18)12-15-24-21(23-2)25-16-22(13-6-7-14-22)20(27)26(3)4;/h8-11,17H,6-7,12-16H2,1-5H3,(H2,23,24,25);1H. The van der Waals surface area contributed by atoms with Crippen LogP contribution in [0.5, 0.6) is 5.75 Å². The molecule has 0 spiro atoms. The number of nitrogens with zero attached hydrogens (tertiary/aromatic N) is 2. The van der Waals surface area contributed by atoms with Crippen molar-refractivity contribution in [3.05, 3.63) is 29.8 Å². The van der Waals surface area contributed by atoms with Crippen LogP contribution in [0.1, 0.15) is 50.5 Å². The minimum Gasteiger partial charge on any atom is -0.497 e. The number of carbonyl (C=O) groups excluding carboxylic acids is 1. The van der Waals surface area contributed by atoms with Crippen molar-refractivity contribution in [1.29, 1.82) is 0 Å². The molecular formula is C22H37IN4O2. The fourth-order valence-corrected chi connectivity index (χ4v) is 3.97. The summed E-state index contributed by atoms with van der Waals surface area (Å²) in [5.74, 6) is 2.31. The van der Waals surface area contributed by atoms with Crippen molar-refractivity contribution >= 4 is 35.8 Å². The van der Waals surface area contributed by atoms with E-state index in [4.69, 9.17) is 4.74 Å². The van der Waals surface area contributed by atoms with Crippen LogP contribution in [0.15, 0.2) is 29.3 Å². The molecule has 29 heavy (non-hydrogen) atoms. The van der Waals surface area contributed by atoms with Gasteiger partial charge in [0.1, 0.15) is 5.75 Å². The Hall–Kier alpha value is -1.51. The first-order valence-corrected chi connectivity index (χ1v) is 10.2. The summed E-state index contributed by atoms with van der Waals surface area (Å²) in [5.41, 5.74) is 1.00. The summed E-state index contributed by atoms with van der Waals surface area (Å²) in [6.07, 6.45) is 5.12. The molecule has 0 bridgehead atoms. The SMILES string of the molecule is CN=C(NCCC(C)c1ccc(OC)cc1)NCC1(C(=O)N(C)C)CCCC1.I. The number of guanidine groups is 1. The lowest BCUT2D eigenvalue weighted by molar-refractivity contribution is -0.138. The zero-order chi connectivity index (χ0) is 20.6. The molecule has 0 radical (unpaired) electrons. The lowest BCUT2D eigenvalue weighted by Crippen LogP contribution is -2.49. The van der Waals surface area contributed by atoms with E-state index >= 15 is 0 Å². The Morgan fingerprint density at radius 3 is 2.34 bits per heavy atom.